The first-order valence-corrected chi connectivity index (χ1v) is 5.69. The summed E-state index contributed by atoms with van der Waals surface area (Å²) >= 11 is 0. The maximum absolute atomic E-state index is 11.6. The molecular weight excluding hydrogens is 216 g/mol. The second-order valence-electron chi connectivity index (χ2n) is 3.98. The molecule has 0 aliphatic heterocycles. The molecule has 1 aromatic rings. The zero-order chi connectivity index (χ0) is 12.7. The molecule has 0 aliphatic carbocycles. The monoisotopic (exact) mass is 236 g/mol. The molecule has 17 heavy (non-hydrogen) atoms. The molecule has 0 radical (unpaired) electrons. The Balaban J connectivity index is 2.51. The van der Waals surface area contributed by atoms with Crippen LogP contribution in [0.1, 0.15) is 18.1 Å². The molecule has 0 saturated carbocycles. The van der Waals surface area contributed by atoms with Gasteiger partial charge in [0.15, 0.2) is 0 Å². The lowest BCUT2D eigenvalue weighted by atomic mass is 10.1. The van der Waals surface area contributed by atoms with Gasteiger partial charge < -0.3 is 15.4 Å². The molecule has 4 nitrogen and oxygen atoms in total. The van der Waals surface area contributed by atoms with Gasteiger partial charge in [-0.15, -0.1) is 0 Å². The molecular formula is C13H20N2O2. The van der Waals surface area contributed by atoms with Gasteiger partial charge in [-0.25, -0.2) is 0 Å². The molecule has 0 spiro atoms. The quantitative estimate of drug-likeness (QED) is 0.776. The number of nitrogens with one attached hydrogen (secondary N) is 2. The summed E-state index contributed by atoms with van der Waals surface area (Å²) in [5, 5.41) is 5.78. The van der Waals surface area contributed by atoms with Crippen LogP contribution < -0.4 is 10.6 Å². The number of methoxy groups -OCH3 is 1. The van der Waals surface area contributed by atoms with E-state index >= 15 is 0 Å². The van der Waals surface area contributed by atoms with Crippen LogP contribution in [0.2, 0.25) is 0 Å². The molecule has 1 atom stereocenters. The fourth-order valence-corrected chi connectivity index (χ4v) is 1.47. The van der Waals surface area contributed by atoms with Crippen molar-refractivity contribution in [1.82, 2.24) is 10.6 Å². The first-order valence-electron chi connectivity index (χ1n) is 5.69. The second-order valence-corrected chi connectivity index (χ2v) is 3.98. The molecule has 0 fully saturated rings. The molecule has 0 aliphatic rings. The highest BCUT2D eigenvalue weighted by molar-refractivity contribution is 5.81. The highest BCUT2D eigenvalue weighted by atomic mass is 16.5. The first-order chi connectivity index (χ1) is 8.17. The highest BCUT2D eigenvalue weighted by Crippen LogP contribution is 2.06. The Morgan fingerprint density at radius 3 is 2.76 bits per heavy atom. The number of carbonyl (C=O) groups is 1. The van der Waals surface area contributed by atoms with Gasteiger partial charge in [-0.1, -0.05) is 24.3 Å². The predicted molar refractivity (Wildman–Crippen MR) is 67.5 cm³/mol. The highest BCUT2D eigenvalue weighted by Gasteiger charge is 2.08. The average molecular weight is 236 g/mol. The van der Waals surface area contributed by atoms with Gasteiger partial charge in [0, 0.05) is 13.7 Å². The minimum absolute atomic E-state index is 0.00430. The van der Waals surface area contributed by atoms with Crippen LogP contribution >= 0.6 is 0 Å². The van der Waals surface area contributed by atoms with Crippen LogP contribution in [-0.4, -0.2) is 26.1 Å². The minimum atomic E-state index is -0.169. The zero-order valence-corrected chi connectivity index (χ0v) is 10.6. The summed E-state index contributed by atoms with van der Waals surface area (Å²) in [5.74, 6) is 0.00430. The van der Waals surface area contributed by atoms with E-state index in [0.717, 1.165) is 11.1 Å². The third kappa shape index (κ3) is 4.54. The standard InChI is InChI=1S/C13H20N2O2/c1-10(14-2)13(16)15-8-11-5-4-6-12(7-11)9-17-3/h4-7,10,14H,8-9H2,1-3H3,(H,15,16). The Morgan fingerprint density at radius 1 is 1.41 bits per heavy atom. The summed E-state index contributed by atoms with van der Waals surface area (Å²) in [6.07, 6.45) is 0. The largest absolute Gasteiger partial charge is 0.380 e. The van der Waals surface area contributed by atoms with Gasteiger partial charge in [0.05, 0.1) is 12.6 Å². The average Bonchev–Trinajstić information content (AvgIpc) is 2.36. The molecule has 1 aromatic carbocycles. The van der Waals surface area contributed by atoms with E-state index in [0.29, 0.717) is 13.2 Å². The molecule has 1 amide bonds. The Hall–Kier alpha value is -1.39. The number of hydrogen-bond donors (Lipinski definition) is 2. The van der Waals surface area contributed by atoms with Gasteiger partial charge in [-0.2, -0.15) is 0 Å². The van der Waals surface area contributed by atoms with Crippen LogP contribution in [0.15, 0.2) is 24.3 Å². The molecule has 0 aromatic heterocycles. The lowest BCUT2D eigenvalue weighted by Gasteiger charge is -2.11. The van der Waals surface area contributed by atoms with E-state index in [9.17, 15) is 4.79 Å². The first kappa shape index (κ1) is 13.7. The Kier molecular flexibility index (Phi) is 5.66. The SMILES string of the molecule is CNC(C)C(=O)NCc1cccc(COC)c1. The predicted octanol–water partition coefficient (Wildman–Crippen LogP) is 1.06. The van der Waals surface area contributed by atoms with E-state index in [1.807, 2.05) is 31.2 Å². The summed E-state index contributed by atoms with van der Waals surface area (Å²) in [5.41, 5.74) is 2.19. The normalized spacial score (nSPS) is 12.2. The van der Waals surface area contributed by atoms with Gasteiger partial charge in [0.25, 0.3) is 0 Å². The lowest BCUT2D eigenvalue weighted by molar-refractivity contribution is -0.122. The van der Waals surface area contributed by atoms with Crippen molar-refractivity contribution in [3.63, 3.8) is 0 Å². The van der Waals surface area contributed by atoms with Crippen molar-refractivity contribution in [2.24, 2.45) is 0 Å². The van der Waals surface area contributed by atoms with Gasteiger partial charge >= 0.3 is 0 Å². The Morgan fingerprint density at radius 2 is 2.12 bits per heavy atom. The second kappa shape index (κ2) is 7.04. The van der Waals surface area contributed by atoms with Crippen LogP contribution in [0, 0.1) is 0 Å². The number of likely N-dealkylation sites (N-methyl/N-ethyl adjacent to an activating group) is 1. The van der Waals surface area contributed by atoms with E-state index in [1.165, 1.54) is 0 Å². The fraction of sp³-hybridized carbons (Fsp3) is 0.462. The number of hydrogen-bond acceptors (Lipinski definition) is 3. The van der Waals surface area contributed by atoms with Crippen molar-refractivity contribution < 1.29 is 9.53 Å². The molecule has 0 saturated heterocycles. The van der Waals surface area contributed by atoms with Crippen molar-refractivity contribution in [2.75, 3.05) is 14.2 Å². The van der Waals surface area contributed by atoms with Gasteiger partial charge in [0.2, 0.25) is 5.91 Å². The summed E-state index contributed by atoms with van der Waals surface area (Å²) < 4.78 is 5.07. The number of carbonyl (C=O) groups excluding carboxylic acids is 1. The van der Waals surface area contributed by atoms with Crippen molar-refractivity contribution in [1.29, 1.82) is 0 Å². The maximum atomic E-state index is 11.6. The maximum Gasteiger partial charge on any atom is 0.237 e. The third-order valence-corrected chi connectivity index (χ3v) is 2.60. The van der Waals surface area contributed by atoms with Gasteiger partial charge in [-0.05, 0) is 25.1 Å². The molecule has 0 bridgehead atoms. The smallest absolute Gasteiger partial charge is 0.237 e. The van der Waals surface area contributed by atoms with E-state index < -0.39 is 0 Å². The molecule has 1 unspecified atom stereocenters. The van der Waals surface area contributed by atoms with Crippen LogP contribution in [0.4, 0.5) is 0 Å². The number of ether oxygens (including phenoxy) is 1. The minimum Gasteiger partial charge on any atom is -0.380 e. The zero-order valence-electron chi connectivity index (χ0n) is 10.6. The summed E-state index contributed by atoms with van der Waals surface area (Å²) in [7, 11) is 3.44. The van der Waals surface area contributed by atoms with E-state index in [4.69, 9.17) is 4.74 Å². The fourth-order valence-electron chi connectivity index (χ4n) is 1.47. The molecule has 1 rings (SSSR count). The van der Waals surface area contributed by atoms with E-state index in [-0.39, 0.29) is 11.9 Å². The van der Waals surface area contributed by atoms with Crippen molar-refractivity contribution in [2.45, 2.75) is 26.1 Å². The number of benzene rings is 1. The summed E-state index contributed by atoms with van der Waals surface area (Å²) in [4.78, 5) is 11.6. The molecule has 0 heterocycles. The van der Waals surface area contributed by atoms with Crippen molar-refractivity contribution >= 4 is 5.91 Å². The molecule has 4 heteroatoms. The van der Waals surface area contributed by atoms with E-state index in [2.05, 4.69) is 10.6 Å². The molecule has 2 N–H and O–H groups in total. The Labute approximate surface area is 102 Å². The van der Waals surface area contributed by atoms with Crippen LogP contribution in [0.25, 0.3) is 0 Å². The van der Waals surface area contributed by atoms with Crippen LogP contribution in [0.5, 0.6) is 0 Å². The molecule has 94 valence electrons. The number of rotatable bonds is 6. The van der Waals surface area contributed by atoms with Crippen molar-refractivity contribution in [3.05, 3.63) is 35.4 Å². The lowest BCUT2D eigenvalue weighted by Crippen LogP contribution is -2.39. The van der Waals surface area contributed by atoms with Gasteiger partial charge in [0.1, 0.15) is 0 Å². The van der Waals surface area contributed by atoms with Gasteiger partial charge in [-0.3, -0.25) is 4.79 Å². The topological polar surface area (TPSA) is 50.4 Å². The summed E-state index contributed by atoms with van der Waals surface area (Å²) in [6, 6.07) is 7.83. The number of amides is 1. The summed E-state index contributed by atoms with van der Waals surface area (Å²) in [6.45, 7) is 2.97. The van der Waals surface area contributed by atoms with Crippen LogP contribution in [-0.2, 0) is 22.7 Å². The van der Waals surface area contributed by atoms with Crippen molar-refractivity contribution in [3.8, 4) is 0 Å². The van der Waals surface area contributed by atoms with Crippen LogP contribution in [0.3, 0.4) is 0 Å². The van der Waals surface area contributed by atoms with E-state index in [1.54, 1.807) is 14.2 Å². The Bertz CT molecular complexity index is 366. The third-order valence-electron chi connectivity index (χ3n) is 2.60.